The van der Waals surface area contributed by atoms with E-state index in [0.717, 1.165) is 34.5 Å². The van der Waals surface area contributed by atoms with E-state index in [1.165, 1.54) is 4.88 Å². The molecule has 1 aliphatic heterocycles. The van der Waals surface area contributed by atoms with E-state index in [2.05, 4.69) is 28.2 Å². The number of hydrogen-bond donors (Lipinski definition) is 1. The summed E-state index contributed by atoms with van der Waals surface area (Å²) in [4.78, 5) is 8.02. The van der Waals surface area contributed by atoms with Crippen LogP contribution in [-0.2, 0) is 0 Å². The van der Waals surface area contributed by atoms with E-state index in [9.17, 15) is 0 Å². The van der Waals surface area contributed by atoms with Crippen LogP contribution >= 0.6 is 35.2 Å². The van der Waals surface area contributed by atoms with Gasteiger partial charge in [0.1, 0.15) is 0 Å². The molecule has 3 rings (SSSR count). The Balaban J connectivity index is 1.96. The van der Waals surface area contributed by atoms with Gasteiger partial charge < -0.3 is 10.2 Å². The number of thiocarbonyl (C=S) groups is 1. The molecule has 0 radical (unpaired) electrons. The van der Waals surface area contributed by atoms with Crippen molar-refractivity contribution in [3.05, 3.63) is 51.4 Å². The van der Waals surface area contributed by atoms with E-state index in [4.69, 9.17) is 23.8 Å². The topological polar surface area (TPSA) is 28.2 Å². The van der Waals surface area contributed by atoms with Gasteiger partial charge in [-0.25, -0.2) is 0 Å². The van der Waals surface area contributed by atoms with Crippen molar-refractivity contribution in [3.8, 4) is 0 Å². The molecule has 3 heterocycles. The summed E-state index contributed by atoms with van der Waals surface area (Å²) in [6, 6.07) is 10.3. The number of nitrogens with zero attached hydrogens (tertiary/aromatic N) is 2. The van der Waals surface area contributed by atoms with Gasteiger partial charge in [0.05, 0.1) is 22.1 Å². The zero-order valence-electron chi connectivity index (χ0n) is 12.3. The zero-order valence-corrected chi connectivity index (χ0v) is 14.7. The molecule has 0 bridgehead atoms. The molecule has 1 N–H and O–H groups in total. The second kappa shape index (κ2) is 6.94. The second-order valence-corrected chi connectivity index (χ2v) is 7.45. The van der Waals surface area contributed by atoms with Crippen molar-refractivity contribution >= 4 is 40.3 Å². The summed E-state index contributed by atoms with van der Waals surface area (Å²) in [5.74, 6) is 0. The summed E-state index contributed by atoms with van der Waals surface area (Å²) in [7, 11) is 0. The van der Waals surface area contributed by atoms with Gasteiger partial charge in [0.2, 0.25) is 0 Å². The highest BCUT2D eigenvalue weighted by atomic mass is 35.5. The highest BCUT2D eigenvalue weighted by molar-refractivity contribution is 7.80. The minimum Gasteiger partial charge on any atom is -0.352 e. The van der Waals surface area contributed by atoms with Crippen molar-refractivity contribution in [2.45, 2.75) is 31.8 Å². The SMILES string of the molecule is CCCCN1C(=S)N[C@H](c2ccccn2)[C@@H]1c1ccc(Cl)s1. The van der Waals surface area contributed by atoms with E-state index >= 15 is 0 Å². The Morgan fingerprint density at radius 3 is 2.86 bits per heavy atom. The smallest absolute Gasteiger partial charge is 0.170 e. The lowest BCUT2D eigenvalue weighted by Gasteiger charge is -2.26. The summed E-state index contributed by atoms with van der Waals surface area (Å²) < 4.78 is 0.808. The fourth-order valence-corrected chi connectivity index (χ4v) is 4.31. The molecule has 6 heteroatoms. The van der Waals surface area contributed by atoms with Crippen LogP contribution in [0.5, 0.6) is 0 Å². The van der Waals surface area contributed by atoms with E-state index in [-0.39, 0.29) is 12.1 Å². The van der Waals surface area contributed by atoms with Gasteiger partial charge in [-0.1, -0.05) is 31.0 Å². The maximum Gasteiger partial charge on any atom is 0.170 e. The van der Waals surface area contributed by atoms with Gasteiger partial charge >= 0.3 is 0 Å². The first-order chi connectivity index (χ1) is 10.7. The third-order valence-corrected chi connectivity index (χ3v) is 5.49. The molecule has 1 saturated heterocycles. The fourth-order valence-electron chi connectivity index (χ4n) is 2.77. The first-order valence-electron chi connectivity index (χ1n) is 7.44. The molecule has 116 valence electrons. The van der Waals surface area contributed by atoms with Gasteiger partial charge in [-0.3, -0.25) is 4.98 Å². The number of unbranched alkanes of at least 4 members (excludes halogenated alkanes) is 1. The standard InChI is InChI=1S/C16H18ClN3S2/c1-2-3-10-20-15(12-7-8-13(17)22-12)14(19-16(20)21)11-6-4-5-9-18-11/h4-9,14-15H,2-3,10H2,1H3,(H,19,21)/t14-,15+/m1/s1. The minimum absolute atomic E-state index is 0.0697. The first-order valence-corrected chi connectivity index (χ1v) is 9.04. The molecule has 2 aromatic rings. The molecule has 0 saturated carbocycles. The Kier molecular flexibility index (Phi) is 4.96. The predicted molar refractivity (Wildman–Crippen MR) is 96.4 cm³/mol. The molecule has 0 amide bonds. The van der Waals surface area contributed by atoms with Crippen LogP contribution in [0.4, 0.5) is 0 Å². The number of thiophene rings is 1. The molecule has 0 spiro atoms. The van der Waals surface area contributed by atoms with Gasteiger partial charge in [0, 0.05) is 17.6 Å². The first kappa shape index (κ1) is 15.7. The van der Waals surface area contributed by atoms with Gasteiger partial charge in [0.15, 0.2) is 5.11 Å². The lowest BCUT2D eigenvalue weighted by atomic mass is 10.0. The van der Waals surface area contributed by atoms with Gasteiger partial charge in [-0.2, -0.15) is 0 Å². The quantitative estimate of drug-likeness (QED) is 0.799. The van der Waals surface area contributed by atoms with Crippen molar-refractivity contribution in [1.82, 2.24) is 15.2 Å². The van der Waals surface area contributed by atoms with Crippen LogP contribution in [0.15, 0.2) is 36.5 Å². The average molecular weight is 352 g/mol. The second-order valence-electron chi connectivity index (χ2n) is 5.32. The Labute approximate surface area is 145 Å². The van der Waals surface area contributed by atoms with Crippen LogP contribution in [0, 0.1) is 0 Å². The summed E-state index contributed by atoms with van der Waals surface area (Å²) >= 11 is 13.3. The lowest BCUT2D eigenvalue weighted by Crippen LogP contribution is -2.30. The average Bonchev–Trinajstić information content (AvgIpc) is 3.09. The Hall–Kier alpha value is -1.17. The molecule has 0 unspecified atom stereocenters. The van der Waals surface area contributed by atoms with Crippen LogP contribution in [-0.4, -0.2) is 21.5 Å². The number of rotatable bonds is 5. The van der Waals surface area contributed by atoms with Crippen molar-refractivity contribution in [1.29, 1.82) is 0 Å². The van der Waals surface area contributed by atoms with Gasteiger partial charge in [-0.05, 0) is 42.9 Å². The molecule has 0 aliphatic carbocycles. The Morgan fingerprint density at radius 1 is 1.36 bits per heavy atom. The summed E-state index contributed by atoms with van der Waals surface area (Å²) in [6.07, 6.45) is 4.09. The van der Waals surface area contributed by atoms with Crippen molar-refractivity contribution in [2.24, 2.45) is 0 Å². The number of halogens is 1. The molecule has 0 aromatic carbocycles. The monoisotopic (exact) mass is 351 g/mol. The maximum absolute atomic E-state index is 6.15. The van der Waals surface area contributed by atoms with E-state index in [1.807, 2.05) is 30.5 Å². The van der Waals surface area contributed by atoms with Crippen LogP contribution in [0.3, 0.4) is 0 Å². The van der Waals surface area contributed by atoms with E-state index < -0.39 is 0 Å². The van der Waals surface area contributed by atoms with E-state index in [0.29, 0.717) is 0 Å². The highest BCUT2D eigenvalue weighted by Crippen LogP contribution is 2.42. The third-order valence-electron chi connectivity index (χ3n) is 3.84. The Bertz CT molecular complexity index is 644. The molecule has 2 atom stereocenters. The normalized spacial score (nSPS) is 21.2. The summed E-state index contributed by atoms with van der Waals surface area (Å²) in [6.45, 7) is 3.14. The number of nitrogens with one attached hydrogen (secondary N) is 1. The molecule has 3 nitrogen and oxygen atoms in total. The summed E-state index contributed by atoms with van der Waals surface area (Å²) in [5, 5.41) is 4.25. The third kappa shape index (κ3) is 3.12. The fraction of sp³-hybridized carbons (Fsp3) is 0.375. The lowest BCUT2D eigenvalue weighted by molar-refractivity contribution is 0.317. The van der Waals surface area contributed by atoms with Crippen molar-refractivity contribution in [2.75, 3.05) is 6.54 Å². The molecule has 22 heavy (non-hydrogen) atoms. The highest BCUT2D eigenvalue weighted by Gasteiger charge is 2.40. The van der Waals surface area contributed by atoms with Crippen LogP contribution in [0.25, 0.3) is 0 Å². The summed E-state index contributed by atoms with van der Waals surface area (Å²) in [5.41, 5.74) is 1.01. The van der Waals surface area contributed by atoms with E-state index in [1.54, 1.807) is 11.3 Å². The molecule has 1 aliphatic rings. The molecule has 2 aromatic heterocycles. The van der Waals surface area contributed by atoms with Crippen molar-refractivity contribution in [3.63, 3.8) is 0 Å². The Morgan fingerprint density at radius 2 is 2.23 bits per heavy atom. The minimum atomic E-state index is 0.0697. The maximum atomic E-state index is 6.15. The van der Waals surface area contributed by atoms with Crippen molar-refractivity contribution < 1.29 is 0 Å². The zero-order chi connectivity index (χ0) is 15.5. The van der Waals surface area contributed by atoms with Crippen LogP contribution in [0.2, 0.25) is 4.34 Å². The molecular weight excluding hydrogens is 334 g/mol. The molecule has 1 fully saturated rings. The number of aromatic nitrogens is 1. The van der Waals surface area contributed by atoms with Crippen LogP contribution < -0.4 is 5.32 Å². The number of pyridine rings is 1. The van der Waals surface area contributed by atoms with Gasteiger partial charge in [0.25, 0.3) is 0 Å². The molecular formula is C16H18ClN3S2. The number of hydrogen-bond acceptors (Lipinski definition) is 3. The predicted octanol–water partition coefficient (Wildman–Crippen LogP) is 4.57. The van der Waals surface area contributed by atoms with Gasteiger partial charge in [-0.15, -0.1) is 11.3 Å². The largest absolute Gasteiger partial charge is 0.352 e. The van der Waals surface area contributed by atoms with Crippen LogP contribution in [0.1, 0.15) is 42.4 Å².